The van der Waals surface area contributed by atoms with E-state index in [9.17, 15) is 18.5 Å². The van der Waals surface area contributed by atoms with Crippen molar-refractivity contribution in [1.29, 1.82) is 5.26 Å². The number of ether oxygens (including phenoxy) is 1. The lowest BCUT2D eigenvalue weighted by atomic mass is 9.59. The second kappa shape index (κ2) is 12.8. The van der Waals surface area contributed by atoms with Gasteiger partial charge in [0, 0.05) is 49.6 Å². The van der Waals surface area contributed by atoms with Crippen LogP contribution in [0.4, 0.5) is 5.69 Å². The minimum Gasteiger partial charge on any atom is -0.462 e. The number of anilines is 1. The van der Waals surface area contributed by atoms with E-state index in [2.05, 4.69) is 33.0 Å². The highest BCUT2D eigenvalue weighted by Gasteiger charge is 2.53. The normalized spacial score (nSPS) is 24.1. The van der Waals surface area contributed by atoms with Crippen molar-refractivity contribution in [1.82, 2.24) is 9.88 Å². The van der Waals surface area contributed by atoms with Gasteiger partial charge in [0.05, 0.1) is 27.2 Å². The molecule has 2 saturated carbocycles. The monoisotopic (exact) mass is 638 g/mol. The molecular formula is C37H42N4O4S. The molecule has 3 heterocycles. The number of hydrogen-bond acceptors (Lipinski definition) is 8. The van der Waals surface area contributed by atoms with E-state index in [1.165, 1.54) is 24.5 Å². The van der Waals surface area contributed by atoms with Gasteiger partial charge in [-0.2, -0.15) is 5.26 Å². The first-order chi connectivity index (χ1) is 22.4. The highest BCUT2D eigenvalue weighted by molar-refractivity contribution is 7.91. The van der Waals surface area contributed by atoms with Gasteiger partial charge in [-0.3, -0.25) is 9.78 Å². The van der Waals surface area contributed by atoms with E-state index in [0.29, 0.717) is 5.92 Å². The van der Waals surface area contributed by atoms with Gasteiger partial charge in [0.25, 0.3) is 0 Å². The third-order valence-corrected chi connectivity index (χ3v) is 12.6. The van der Waals surface area contributed by atoms with E-state index < -0.39 is 15.3 Å². The van der Waals surface area contributed by atoms with E-state index in [0.717, 1.165) is 88.9 Å². The summed E-state index contributed by atoms with van der Waals surface area (Å²) in [5.41, 5.74) is 1.45. The average Bonchev–Trinajstić information content (AvgIpc) is 3.84. The van der Waals surface area contributed by atoms with Crippen molar-refractivity contribution in [2.75, 3.05) is 37.6 Å². The fraction of sp³-hybridized carbons (Fsp3) is 0.486. The molecule has 1 aromatic heterocycles. The molecule has 46 heavy (non-hydrogen) atoms. The summed E-state index contributed by atoms with van der Waals surface area (Å²) in [5, 5.41) is 11.0. The third-order valence-electron chi connectivity index (χ3n) is 10.8. The molecule has 0 bridgehead atoms. The Labute approximate surface area is 272 Å². The smallest absolute Gasteiger partial charge is 0.309 e. The Balaban J connectivity index is 0.968. The van der Waals surface area contributed by atoms with Crippen LogP contribution in [-0.4, -0.2) is 63.1 Å². The van der Waals surface area contributed by atoms with Crippen molar-refractivity contribution in [2.24, 2.45) is 23.7 Å². The number of piperidine rings is 1. The maximum atomic E-state index is 12.9. The number of carbonyl (C=O) groups excluding carboxylic acids is 1. The number of nitrogens with zero attached hydrogens (tertiary/aromatic N) is 4. The number of sulfone groups is 1. The fourth-order valence-electron chi connectivity index (χ4n) is 8.18. The number of nitriles is 1. The molecule has 2 saturated heterocycles. The predicted octanol–water partition coefficient (Wildman–Crippen LogP) is 5.65. The maximum absolute atomic E-state index is 12.9. The van der Waals surface area contributed by atoms with Gasteiger partial charge in [-0.1, -0.05) is 30.3 Å². The summed E-state index contributed by atoms with van der Waals surface area (Å²) in [6.45, 7) is 4.82. The van der Waals surface area contributed by atoms with Crippen LogP contribution in [-0.2, 0) is 24.8 Å². The van der Waals surface area contributed by atoms with Crippen LogP contribution in [0, 0.1) is 35.0 Å². The van der Waals surface area contributed by atoms with Gasteiger partial charge >= 0.3 is 5.97 Å². The van der Waals surface area contributed by atoms with Crippen molar-refractivity contribution < 1.29 is 17.9 Å². The molecule has 9 heteroatoms. The zero-order valence-corrected chi connectivity index (χ0v) is 27.0. The standard InChI is InChI=1S/C37H42N4O4S/c38-26-37(29-5-2-1-3-6-29,34-7-4-8-35(34)45-36(42)28-9-10-28)30-17-21-40(22-18-30)23-27-24-41(25-27)31-11-13-32(14-12-31)46(43,44)33-15-19-39-20-16-33/h1-3,5-6,11-16,19-20,27-28,30,34-35H,4,7-10,17-18,21-25H2/t34-,35-,37?/m0/s1. The zero-order valence-electron chi connectivity index (χ0n) is 26.2. The minimum atomic E-state index is -3.56. The van der Waals surface area contributed by atoms with Gasteiger partial charge in [-0.05, 0) is 106 Å². The minimum absolute atomic E-state index is 0.0189. The van der Waals surface area contributed by atoms with Crippen LogP contribution < -0.4 is 4.90 Å². The van der Waals surface area contributed by atoms with Crippen LogP contribution in [0.1, 0.15) is 50.5 Å². The van der Waals surface area contributed by atoms with E-state index in [1.54, 1.807) is 12.1 Å². The maximum Gasteiger partial charge on any atom is 0.309 e. The first-order valence-corrected chi connectivity index (χ1v) is 18.3. The Bertz CT molecular complexity index is 1660. The van der Waals surface area contributed by atoms with Gasteiger partial charge in [-0.25, -0.2) is 8.42 Å². The summed E-state index contributed by atoms with van der Waals surface area (Å²) >= 11 is 0. The molecule has 2 aromatic carbocycles. The number of rotatable bonds is 10. The second-order valence-electron chi connectivity index (χ2n) is 13.7. The first-order valence-electron chi connectivity index (χ1n) is 16.8. The van der Waals surface area contributed by atoms with Crippen LogP contribution >= 0.6 is 0 Å². The summed E-state index contributed by atoms with van der Waals surface area (Å²) < 4.78 is 32.0. The number of benzene rings is 2. The molecule has 2 aliphatic carbocycles. The van der Waals surface area contributed by atoms with Crippen molar-refractivity contribution in [2.45, 2.75) is 66.3 Å². The highest BCUT2D eigenvalue weighted by atomic mass is 32.2. The SMILES string of the molecule is N#CC(c1ccccc1)(C1CCN(CC2CN(c3ccc(S(=O)(=O)c4ccncc4)cc3)C2)CC1)[C@H]1CCC[C@@H]1OC(=O)C1CC1. The summed E-state index contributed by atoms with van der Waals surface area (Å²) in [5.74, 6) is 0.777. The summed E-state index contributed by atoms with van der Waals surface area (Å²) in [6.07, 6.45) is 9.32. The van der Waals surface area contributed by atoms with Crippen LogP contribution in [0.25, 0.3) is 0 Å². The Morgan fingerprint density at radius 1 is 0.891 bits per heavy atom. The number of carbonyl (C=O) groups is 1. The lowest BCUT2D eigenvalue weighted by Gasteiger charge is -2.48. The fourth-order valence-corrected chi connectivity index (χ4v) is 9.43. The van der Waals surface area contributed by atoms with Gasteiger partial charge in [0.1, 0.15) is 6.10 Å². The molecular weight excluding hydrogens is 596 g/mol. The molecule has 1 unspecified atom stereocenters. The Morgan fingerprint density at radius 2 is 1.57 bits per heavy atom. The van der Waals surface area contributed by atoms with Gasteiger partial charge < -0.3 is 14.5 Å². The van der Waals surface area contributed by atoms with Crippen molar-refractivity contribution in [3.63, 3.8) is 0 Å². The highest BCUT2D eigenvalue weighted by Crippen LogP contribution is 2.51. The van der Waals surface area contributed by atoms with Gasteiger partial charge in [0.2, 0.25) is 9.84 Å². The Kier molecular flexibility index (Phi) is 8.60. The Morgan fingerprint density at radius 3 is 2.22 bits per heavy atom. The van der Waals surface area contributed by atoms with E-state index in [1.807, 2.05) is 30.3 Å². The molecule has 0 amide bonds. The molecule has 3 aromatic rings. The first kappa shape index (κ1) is 30.9. The van der Waals surface area contributed by atoms with Crippen molar-refractivity contribution >= 4 is 21.5 Å². The summed E-state index contributed by atoms with van der Waals surface area (Å²) in [4.78, 5) is 22.0. The third kappa shape index (κ3) is 5.93. The van der Waals surface area contributed by atoms with Crippen molar-refractivity contribution in [3.05, 3.63) is 84.7 Å². The largest absolute Gasteiger partial charge is 0.462 e. The molecule has 0 radical (unpaired) electrons. The quantitative estimate of drug-likeness (QED) is 0.263. The molecule has 4 fully saturated rings. The number of likely N-dealkylation sites (tertiary alicyclic amines) is 1. The average molecular weight is 639 g/mol. The van der Waals surface area contributed by atoms with Gasteiger partial charge in [-0.15, -0.1) is 0 Å². The molecule has 7 rings (SSSR count). The molecule has 240 valence electrons. The van der Waals surface area contributed by atoms with E-state index >= 15 is 0 Å². The number of pyridine rings is 1. The topological polar surface area (TPSA) is 104 Å². The molecule has 2 aliphatic heterocycles. The van der Waals surface area contributed by atoms with Gasteiger partial charge in [0.15, 0.2) is 0 Å². The number of hydrogen-bond donors (Lipinski definition) is 0. The number of esters is 1. The lowest BCUT2D eigenvalue weighted by molar-refractivity contribution is -0.153. The summed E-state index contributed by atoms with van der Waals surface area (Å²) in [7, 11) is -3.56. The second-order valence-corrected chi connectivity index (χ2v) is 15.6. The van der Waals surface area contributed by atoms with Crippen LogP contribution in [0.5, 0.6) is 0 Å². The summed E-state index contributed by atoms with van der Waals surface area (Å²) in [6, 6.07) is 23.4. The van der Waals surface area contributed by atoms with Crippen molar-refractivity contribution in [3.8, 4) is 6.07 Å². The van der Waals surface area contributed by atoms with E-state index in [4.69, 9.17) is 4.74 Å². The molecule has 8 nitrogen and oxygen atoms in total. The lowest BCUT2D eigenvalue weighted by Crippen LogP contribution is -2.54. The van der Waals surface area contributed by atoms with Crippen LogP contribution in [0.2, 0.25) is 0 Å². The molecule has 0 N–H and O–H groups in total. The predicted molar refractivity (Wildman–Crippen MR) is 175 cm³/mol. The van der Waals surface area contributed by atoms with Crippen LogP contribution in [0.3, 0.4) is 0 Å². The molecule has 3 atom stereocenters. The van der Waals surface area contributed by atoms with Crippen LogP contribution in [0.15, 0.2) is 88.9 Å². The Hall–Kier alpha value is -3.74. The number of aromatic nitrogens is 1. The zero-order chi connectivity index (χ0) is 31.7. The molecule has 4 aliphatic rings. The van der Waals surface area contributed by atoms with E-state index in [-0.39, 0.29) is 39.6 Å². The molecule has 0 spiro atoms.